The van der Waals surface area contributed by atoms with Crippen molar-refractivity contribution in [2.45, 2.75) is 58.8 Å². The van der Waals surface area contributed by atoms with Crippen LogP contribution in [0.4, 0.5) is 0 Å². The van der Waals surface area contributed by atoms with Crippen molar-refractivity contribution in [2.75, 3.05) is 19.8 Å². The molecular formula is C30H35NO6S. The Bertz CT molecular complexity index is 1250. The van der Waals surface area contributed by atoms with E-state index in [1.165, 1.54) is 11.3 Å². The molecule has 1 N–H and O–H groups in total. The average Bonchev–Trinajstić information content (AvgIpc) is 3.44. The van der Waals surface area contributed by atoms with Crippen molar-refractivity contribution in [3.05, 3.63) is 74.8 Å². The molecule has 1 aromatic carbocycles. The van der Waals surface area contributed by atoms with Gasteiger partial charge in [0, 0.05) is 33.3 Å². The van der Waals surface area contributed by atoms with Gasteiger partial charge in [-0.15, -0.1) is 11.3 Å². The highest BCUT2D eigenvalue weighted by Crippen LogP contribution is 2.50. The Morgan fingerprint density at radius 2 is 1.76 bits per heavy atom. The zero-order chi connectivity index (χ0) is 27.2. The van der Waals surface area contributed by atoms with Crippen molar-refractivity contribution in [1.29, 1.82) is 0 Å². The third-order valence-electron chi connectivity index (χ3n) is 6.88. The number of carbonyl (C=O) groups excluding carboxylic acids is 3. The standard InChI is InChI=1S/C30H35NO6S/c1-5-12-20-27(30(34)37-8-4)24(18-13-9-10-14-22(18)35-6-2)26-21(31-20)17-19(23-15-11-16-38-23)25(28(26)32)29(33)36-7-3/h9-11,13-16,19,24-25,31H,5-8,12,17H2,1-4H3/t19-,24-,25+/m1/s1. The van der Waals surface area contributed by atoms with Crippen LogP contribution in [0.25, 0.3) is 0 Å². The van der Waals surface area contributed by atoms with Crippen molar-refractivity contribution >= 4 is 29.1 Å². The number of hydrogen-bond acceptors (Lipinski definition) is 8. The van der Waals surface area contributed by atoms with E-state index in [0.717, 1.165) is 22.7 Å². The Balaban J connectivity index is 1.96. The fourth-order valence-corrected chi connectivity index (χ4v) is 6.30. The number of carbonyl (C=O) groups is 3. The van der Waals surface area contributed by atoms with Crippen LogP contribution in [-0.4, -0.2) is 37.5 Å². The largest absolute Gasteiger partial charge is 0.494 e. The summed E-state index contributed by atoms with van der Waals surface area (Å²) in [5.74, 6) is -2.86. The lowest BCUT2D eigenvalue weighted by Gasteiger charge is -2.40. The van der Waals surface area contributed by atoms with Crippen LogP contribution in [-0.2, 0) is 23.9 Å². The number of hydrogen-bond donors (Lipinski definition) is 1. The lowest BCUT2D eigenvalue weighted by molar-refractivity contribution is -0.152. The molecule has 0 unspecified atom stereocenters. The third kappa shape index (κ3) is 5.27. The van der Waals surface area contributed by atoms with Crippen LogP contribution in [0.5, 0.6) is 5.75 Å². The second-order valence-corrected chi connectivity index (χ2v) is 10.2. The summed E-state index contributed by atoms with van der Waals surface area (Å²) in [7, 11) is 0. The van der Waals surface area contributed by atoms with Crippen molar-refractivity contribution < 1.29 is 28.6 Å². The summed E-state index contributed by atoms with van der Waals surface area (Å²) in [4.78, 5) is 42.1. The first-order valence-electron chi connectivity index (χ1n) is 13.3. The zero-order valence-corrected chi connectivity index (χ0v) is 23.2. The zero-order valence-electron chi connectivity index (χ0n) is 22.4. The minimum Gasteiger partial charge on any atom is -0.494 e. The van der Waals surface area contributed by atoms with Crippen LogP contribution in [0.1, 0.15) is 69.2 Å². The van der Waals surface area contributed by atoms with Crippen molar-refractivity contribution in [2.24, 2.45) is 5.92 Å². The number of benzene rings is 1. The van der Waals surface area contributed by atoms with Crippen LogP contribution in [0.3, 0.4) is 0 Å². The van der Waals surface area contributed by atoms with E-state index in [1.54, 1.807) is 13.8 Å². The van der Waals surface area contributed by atoms with E-state index in [4.69, 9.17) is 14.2 Å². The third-order valence-corrected chi connectivity index (χ3v) is 7.88. The van der Waals surface area contributed by atoms with E-state index >= 15 is 0 Å². The molecular weight excluding hydrogens is 502 g/mol. The molecule has 2 aromatic rings. The normalized spacial score (nSPS) is 21.1. The van der Waals surface area contributed by atoms with E-state index in [9.17, 15) is 14.4 Å². The van der Waals surface area contributed by atoms with Gasteiger partial charge in [0.2, 0.25) is 0 Å². The van der Waals surface area contributed by atoms with E-state index in [2.05, 4.69) is 5.32 Å². The second kappa shape index (κ2) is 12.4. The van der Waals surface area contributed by atoms with E-state index in [1.807, 2.05) is 55.6 Å². The Labute approximate surface area is 227 Å². The lowest BCUT2D eigenvalue weighted by atomic mass is 9.68. The van der Waals surface area contributed by atoms with Gasteiger partial charge in [-0.05, 0) is 51.1 Å². The highest BCUT2D eigenvalue weighted by molar-refractivity contribution is 7.10. The molecule has 0 amide bonds. The van der Waals surface area contributed by atoms with Gasteiger partial charge in [-0.2, -0.15) is 0 Å². The molecule has 0 saturated heterocycles. The van der Waals surface area contributed by atoms with Gasteiger partial charge in [-0.3, -0.25) is 9.59 Å². The number of para-hydroxylation sites is 1. The van der Waals surface area contributed by atoms with Crippen molar-refractivity contribution in [3.63, 3.8) is 0 Å². The molecule has 38 heavy (non-hydrogen) atoms. The van der Waals surface area contributed by atoms with Gasteiger partial charge in [0.05, 0.1) is 31.3 Å². The van der Waals surface area contributed by atoms with E-state index in [0.29, 0.717) is 41.9 Å². The van der Waals surface area contributed by atoms with Gasteiger partial charge < -0.3 is 19.5 Å². The van der Waals surface area contributed by atoms with Crippen molar-refractivity contribution in [3.8, 4) is 5.75 Å². The second-order valence-electron chi connectivity index (χ2n) is 9.20. The molecule has 1 aliphatic heterocycles. The number of esters is 2. The topological polar surface area (TPSA) is 90.9 Å². The summed E-state index contributed by atoms with van der Waals surface area (Å²) >= 11 is 1.52. The molecule has 1 aliphatic carbocycles. The molecule has 0 saturated carbocycles. The van der Waals surface area contributed by atoms with Gasteiger partial charge in [-0.1, -0.05) is 37.6 Å². The molecule has 0 fully saturated rings. The summed E-state index contributed by atoms with van der Waals surface area (Å²) in [6, 6.07) is 11.3. The van der Waals surface area contributed by atoms with Crippen molar-refractivity contribution in [1.82, 2.24) is 5.32 Å². The predicted octanol–water partition coefficient (Wildman–Crippen LogP) is 5.64. The fourth-order valence-electron chi connectivity index (χ4n) is 5.43. The van der Waals surface area contributed by atoms with Crippen LogP contribution >= 0.6 is 11.3 Å². The number of Topliss-reactive ketones (excluding diaryl/α,β-unsaturated/α-hetero) is 1. The first-order valence-corrected chi connectivity index (χ1v) is 14.2. The maximum absolute atomic E-state index is 14.4. The molecule has 0 spiro atoms. The molecule has 4 rings (SSSR count). The maximum Gasteiger partial charge on any atom is 0.336 e. The molecule has 3 atom stereocenters. The first kappa shape index (κ1) is 27.6. The number of thiophene rings is 1. The average molecular weight is 538 g/mol. The Morgan fingerprint density at radius 3 is 2.42 bits per heavy atom. The Morgan fingerprint density at radius 1 is 1.00 bits per heavy atom. The SMILES string of the molecule is CCCC1=C(C(=O)OCC)[C@H](c2ccccc2OCC)C2=C(C[C@H](c3cccs3)[C@H](C(=O)OCC)C2=O)N1. The summed E-state index contributed by atoms with van der Waals surface area (Å²) < 4.78 is 16.9. The Hall–Kier alpha value is -3.39. The molecule has 7 nitrogen and oxygen atoms in total. The number of dihydropyridines is 1. The van der Waals surface area contributed by atoms with E-state index in [-0.39, 0.29) is 24.9 Å². The molecule has 202 valence electrons. The van der Waals surface area contributed by atoms with Gasteiger partial charge >= 0.3 is 11.9 Å². The molecule has 0 radical (unpaired) electrons. The highest BCUT2D eigenvalue weighted by Gasteiger charge is 2.50. The highest BCUT2D eigenvalue weighted by atomic mass is 32.1. The smallest absolute Gasteiger partial charge is 0.336 e. The molecule has 8 heteroatoms. The summed E-state index contributed by atoms with van der Waals surface area (Å²) in [6.45, 7) is 8.23. The number of ether oxygens (including phenoxy) is 3. The summed E-state index contributed by atoms with van der Waals surface area (Å²) in [5.41, 5.74) is 2.98. The minimum atomic E-state index is -1.01. The number of rotatable bonds is 10. The Kier molecular flexibility index (Phi) is 9.05. The van der Waals surface area contributed by atoms with Gasteiger partial charge in [0.15, 0.2) is 5.78 Å². The summed E-state index contributed by atoms with van der Waals surface area (Å²) in [5, 5.41) is 5.41. The quantitative estimate of drug-likeness (QED) is 0.310. The van der Waals surface area contributed by atoms with Crippen LogP contribution in [0, 0.1) is 5.92 Å². The minimum absolute atomic E-state index is 0.176. The molecule has 2 heterocycles. The summed E-state index contributed by atoms with van der Waals surface area (Å²) in [6.07, 6.45) is 1.85. The first-order chi connectivity index (χ1) is 18.5. The molecule has 1 aromatic heterocycles. The maximum atomic E-state index is 14.4. The predicted molar refractivity (Wildman–Crippen MR) is 146 cm³/mol. The molecule has 0 bridgehead atoms. The number of ketones is 1. The monoisotopic (exact) mass is 537 g/mol. The van der Waals surface area contributed by atoms with Gasteiger partial charge in [0.25, 0.3) is 0 Å². The van der Waals surface area contributed by atoms with Crippen LogP contribution in [0.15, 0.2) is 64.3 Å². The number of allylic oxidation sites excluding steroid dienone is 3. The van der Waals surface area contributed by atoms with Crippen LogP contribution < -0.4 is 10.1 Å². The van der Waals surface area contributed by atoms with Gasteiger partial charge in [0.1, 0.15) is 11.7 Å². The van der Waals surface area contributed by atoms with Crippen LogP contribution in [0.2, 0.25) is 0 Å². The van der Waals surface area contributed by atoms with E-state index < -0.39 is 23.8 Å². The fraction of sp³-hybridized carbons (Fsp3) is 0.433. The number of nitrogens with one attached hydrogen (secondary N) is 1. The molecule has 2 aliphatic rings. The van der Waals surface area contributed by atoms with Gasteiger partial charge in [-0.25, -0.2) is 4.79 Å². The lowest BCUT2D eigenvalue weighted by Crippen LogP contribution is -2.43.